The second-order valence-corrected chi connectivity index (χ2v) is 23.4. The highest BCUT2D eigenvalue weighted by atomic mass is 19.4. The van der Waals surface area contributed by atoms with Crippen molar-refractivity contribution in [1.82, 2.24) is 43.6 Å². The number of hydrogen-bond acceptors (Lipinski definition) is 11. The molecule has 3 aromatic heterocycles. The maximum atomic E-state index is 15.1. The number of benzene rings is 6. The third kappa shape index (κ3) is 12.5. The summed E-state index contributed by atoms with van der Waals surface area (Å²) in [6, 6.07) is 48.9. The average Bonchev–Trinajstić information content (AvgIpc) is 1.94. The fraction of sp³-hybridized carbons (Fsp3) is 0.304. The lowest BCUT2D eigenvalue weighted by Gasteiger charge is -2.43. The molecule has 3 fully saturated rings. The van der Waals surface area contributed by atoms with Crippen LogP contribution < -0.4 is 28.7 Å². The van der Waals surface area contributed by atoms with Crippen LogP contribution in [0.15, 0.2) is 158 Å². The standard InChI is InChI=1S/C45H46F3N8O2.C24H26N4O3/c1-31-9-7-11-36(27-31)54-41(29-33(3)49-54)43(57)53-21-19-51(20-22-53)35-15-17-38(18-16-35)56(25-23-52(24-26-56)40-14-6-5-13-39(40)45(46,47)48)44(58)42-30-34(4)50-55(42)37-12-8-10-32(2)28-37;1-17-4-3-5-20(14-17)28-21(15-18(2)25-28)24(29)27-10-8-26(9-11-27)19-6-7-22-23(16-19)31-13-12-30-22/h5-18,27-30H,19-26H2,1-4H3;3-7,14-16H,8-13H2,1-2H3/q+1;. The van der Waals surface area contributed by atoms with Crippen LogP contribution in [0, 0.1) is 41.5 Å². The van der Waals surface area contributed by atoms with Crippen molar-refractivity contribution in [2.24, 2.45) is 0 Å². The second-order valence-electron chi connectivity index (χ2n) is 23.4. The number of alkyl halides is 3. The third-order valence-electron chi connectivity index (χ3n) is 17.1. The van der Waals surface area contributed by atoms with Crippen LogP contribution in [0.4, 0.5) is 35.9 Å². The van der Waals surface area contributed by atoms with Crippen molar-refractivity contribution in [2.75, 3.05) is 106 Å². The van der Waals surface area contributed by atoms with E-state index in [1.165, 1.54) is 12.1 Å². The molecule has 3 amide bonds. The predicted octanol–water partition coefficient (Wildman–Crippen LogP) is 11.2. The van der Waals surface area contributed by atoms with Gasteiger partial charge in [0.1, 0.15) is 43.4 Å². The number of aryl methyl sites for hydroxylation is 6. The number of para-hydroxylation sites is 1. The van der Waals surface area contributed by atoms with Crippen molar-refractivity contribution in [3.05, 3.63) is 214 Å². The molecule has 4 aliphatic heterocycles. The van der Waals surface area contributed by atoms with Gasteiger partial charge in [-0.25, -0.2) is 23.3 Å². The zero-order chi connectivity index (χ0) is 62.1. The molecule has 0 radical (unpaired) electrons. The quantitative estimate of drug-likeness (QED) is 0.121. The van der Waals surface area contributed by atoms with Gasteiger partial charge in [0.25, 0.3) is 11.8 Å². The van der Waals surface area contributed by atoms with Crippen LogP contribution in [0.25, 0.3) is 17.1 Å². The Balaban J connectivity index is 0.000000208. The average molecular weight is 1210 g/mol. The zero-order valence-electron chi connectivity index (χ0n) is 51.0. The van der Waals surface area contributed by atoms with Gasteiger partial charge in [0, 0.05) is 87.6 Å². The molecule has 6 aromatic carbocycles. The molecule has 0 aliphatic carbocycles. The molecule has 13 rings (SSSR count). The van der Waals surface area contributed by atoms with E-state index in [1.54, 1.807) is 31.1 Å². The summed E-state index contributed by atoms with van der Waals surface area (Å²) < 4.78 is 58.7. The first-order valence-electron chi connectivity index (χ1n) is 30.2. The lowest BCUT2D eigenvalue weighted by atomic mass is 10.1. The third-order valence-corrected chi connectivity index (χ3v) is 17.1. The number of carbonyl (C=O) groups excluding carboxylic acids is 3. The SMILES string of the molecule is Cc1cccc(-n2nc(C)cc2C(=O)N2CCN(c3ccc([N+]4(C(=O)c5cc(C)nn5-c5cccc(C)c5)CCN(c5ccccc5C(F)(F)F)CC4)cc3)CC2)c1.Cc1cccc(-n2nc(C)cc2C(=O)N2CCN(c3ccc4c(c3)OCCO4)CC2)c1. The van der Waals surface area contributed by atoms with E-state index in [2.05, 4.69) is 26.1 Å². The van der Waals surface area contributed by atoms with E-state index in [-0.39, 0.29) is 54.1 Å². The molecule has 0 N–H and O–H groups in total. The molecule has 4 aliphatic rings. The minimum atomic E-state index is -4.51. The molecule has 0 bridgehead atoms. The summed E-state index contributed by atoms with van der Waals surface area (Å²) in [7, 11) is 0. The Morgan fingerprint density at radius 3 is 1.35 bits per heavy atom. The molecule has 458 valence electrons. The number of quaternary nitrogens is 1. The molecule has 0 saturated carbocycles. The first-order chi connectivity index (χ1) is 42.9. The van der Waals surface area contributed by atoms with Crippen LogP contribution in [0.3, 0.4) is 0 Å². The van der Waals surface area contributed by atoms with Gasteiger partial charge in [-0.05, 0) is 149 Å². The Bertz CT molecular complexity index is 4070. The predicted molar refractivity (Wildman–Crippen MR) is 339 cm³/mol. The Morgan fingerprint density at radius 1 is 0.427 bits per heavy atom. The van der Waals surface area contributed by atoms with Gasteiger partial charge in [0.05, 0.1) is 52.8 Å². The summed E-state index contributed by atoms with van der Waals surface area (Å²) in [5, 5.41) is 13.9. The van der Waals surface area contributed by atoms with E-state index in [9.17, 15) is 22.8 Å². The van der Waals surface area contributed by atoms with E-state index in [0.29, 0.717) is 75.3 Å². The summed E-state index contributed by atoms with van der Waals surface area (Å²) in [5.74, 6) is 1.36. The summed E-state index contributed by atoms with van der Waals surface area (Å²) in [4.78, 5) is 52.3. The Morgan fingerprint density at radius 2 is 0.865 bits per heavy atom. The second kappa shape index (κ2) is 24.8. The fourth-order valence-electron chi connectivity index (χ4n) is 12.5. The van der Waals surface area contributed by atoms with Crippen LogP contribution in [-0.2, 0) is 6.18 Å². The number of fused-ring (bicyclic) bond motifs is 1. The normalized spacial score (nSPS) is 15.8. The van der Waals surface area contributed by atoms with Gasteiger partial charge < -0.3 is 34.0 Å². The Labute approximate surface area is 515 Å². The van der Waals surface area contributed by atoms with Gasteiger partial charge in [0.15, 0.2) is 17.2 Å². The number of anilines is 3. The highest BCUT2D eigenvalue weighted by molar-refractivity contribution is 6.02. The van der Waals surface area contributed by atoms with Gasteiger partial charge in [-0.1, -0.05) is 48.5 Å². The van der Waals surface area contributed by atoms with Crippen LogP contribution in [0.5, 0.6) is 11.5 Å². The molecule has 7 heterocycles. The van der Waals surface area contributed by atoms with E-state index in [1.807, 2.05) is 173 Å². The van der Waals surface area contributed by atoms with E-state index >= 15 is 4.79 Å². The largest absolute Gasteiger partial charge is 0.486 e. The van der Waals surface area contributed by atoms with Crippen molar-refractivity contribution in [3.63, 3.8) is 0 Å². The number of aromatic nitrogens is 6. The highest BCUT2D eigenvalue weighted by Gasteiger charge is 2.46. The van der Waals surface area contributed by atoms with Crippen molar-refractivity contribution < 1.29 is 37.0 Å². The van der Waals surface area contributed by atoms with Crippen molar-refractivity contribution in [3.8, 4) is 28.6 Å². The smallest absolute Gasteiger partial charge is 0.418 e. The summed E-state index contributed by atoms with van der Waals surface area (Å²) in [5.41, 5.74) is 11.8. The lowest BCUT2D eigenvalue weighted by molar-refractivity contribution is -0.137. The molecule has 17 nitrogen and oxygen atoms in total. The van der Waals surface area contributed by atoms with Gasteiger partial charge in [-0.15, -0.1) is 0 Å². The van der Waals surface area contributed by atoms with Crippen LogP contribution >= 0.6 is 0 Å². The Hall–Kier alpha value is -9.69. The maximum Gasteiger partial charge on any atom is 0.418 e. The number of ether oxygens (including phenoxy) is 2. The van der Waals surface area contributed by atoms with Gasteiger partial charge in [-0.2, -0.15) is 28.5 Å². The van der Waals surface area contributed by atoms with Crippen LogP contribution in [0.2, 0.25) is 0 Å². The number of hydrogen-bond donors (Lipinski definition) is 0. The molecule has 0 atom stereocenters. The zero-order valence-corrected chi connectivity index (χ0v) is 51.0. The molecule has 3 saturated heterocycles. The van der Waals surface area contributed by atoms with Crippen LogP contribution in [-0.4, -0.2) is 149 Å². The highest BCUT2D eigenvalue weighted by Crippen LogP contribution is 2.40. The molecule has 0 unspecified atom stereocenters. The monoisotopic (exact) mass is 1210 g/mol. The first kappa shape index (κ1) is 59.6. The number of amides is 3. The summed E-state index contributed by atoms with van der Waals surface area (Å²) >= 11 is 0. The number of halogens is 3. The topological polar surface area (TPSA) is 139 Å². The molecular weight excluding hydrogens is 1130 g/mol. The molecular formula is C69H72F3N12O5+. The first-order valence-corrected chi connectivity index (χ1v) is 30.2. The van der Waals surface area contributed by atoms with Gasteiger partial charge in [-0.3, -0.25) is 9.59 Å². The van der Waals surface area contributed by atoms with Crippen molar-refractivity contribution in [1.29, 1.82) is 0 Å². The molecule has 9 aromatic rings. The number of carbonyl (C=O) groups is 3. The van der Waals surface area contributed by atoms with E-state index in [0.717, 1.165) is 92.9 Å². The fourth-order valence-corrected chi connectivity index (χ4v) is 12.5. The summed E-state index contributed by atoms with van der Waals surface area (Å²) in [6.45, 7) is 18.9. The molecule has 0 spiro atoms. The van der Waals surface area contributed by atoms with Crippen molar-refractivity contribution >= 4 is 40.5 Å². The van der Waals surface area contributed by atoms with E-state index in [4.69, 9.17) is 14.6 Å². The summed E-state index contributed by atoms with van der Waals surface area (Å²) in [6.07, 6.45) is -4.51. The number of nitrogens with zero attached hydrogens (tertiary/aromatic N) is 12. The minimum Gasteiger partial charge on any atom is -0.486 e. The van der Waals surface area contributed by atoms with Gasteiger partial charge >= 0.3 is 12.1 Å². The van der Waals surface area contributed by atoms with E-state index < -0.39 is 11.7 Å². The maximum absolute atomic E-state index is 15.1. The van der Waals surface area contributed by atoms with Gasteiger partial charge in [0.2, 0.25) is 0 Å². The van der Waals surface area contributed by atoms with Crippen molar-refractivity contribution in [2.45, 2.75) is 47.7 Å². The molecule has 89 heavy (non-hydrogen) atoms. The lowest BCUT2D eigenvalue weighted by Crippen LogP contribution is -2.64. The number of piperazine rings is 3. The molecule has 20 heteroatoms. The van der Waals surface area contributed by atoms with Crippen LogP contribution in [0.1, 0.15) is 70.8 Å². The number of rotatable bonds is 10. The Kier molecular flexibility index (Phi) is 16.6. The minimum absolute atomic E-state index is 0.0175.